The van der Waals surface area contributed by atoms with E-state index < -0.39 is 9.28 Å². The highest BCUT2D eigenvalue weighted by Crippen LogP contribution is 2.07. The Hall–Kier alpha value is 0.487. The zero-order valence-electron chi connectivity index (χ0n) is 7.54. The largest absolute Gasteiger partial charge is 0.396 e. The Morgan fingerprint density at radius 2 is 1.64 bits per heavy atom. The summed E-state index contributed by atoms with van der Waals surface area (Å²) in [5.41, 5.74) is 0. The van der Waals surface area contributed by atoms with Crippen molar-refractivity contribution in [3.05, 3.63) is 0 Å². The minimum absolute atomic E-state index is 0.329. The van der Waals surface area contributed by atoms with E-state index in [4.69, 9.17) is 8.85 Å². The molecule has 68 valence electrons. The summed E-state index contributed by atoms with van der Waals surface area (Å²) in [5, 5.41) is 0. The van der Waals surface area contributed by atoms with Crippen LogP contribution in [-0.4, -0.2) is 27.4 Å². The molecule has 0 aliphatic heterocycles. The fourth-order valence-corrected chi connectivity index (χ4v) is 2.89. The summed E-state index contributed by atoms with van der Waals surface area (Å²) < 4.78 is 11.0. The maximum absolute atomic E-state index is 5.48. The van der Waals surface area contributed by atoms with Gasteiger partial charge in [0.1, 0.15) is 0 Å². The Bertz CT molecular complexity index is 86.5. The minimum Gasteiger partial charge on any atom is -0.396 e. The molecule has 0 aromatic carbocycles. The van der Waals surface area contributed by atoms with Gasteiger partial charge in [-0.25, -0.2) is 0 Å². The molecule has 0 aromatic rings. The second kappa shape index (κ2) is 7.15. The van der Waals surface area contributed by atoms with Gasteiger partial charge in [-0.05, 0) is 20.3 Å². The van der Waals surface area contributed by atoms with E-state index in [9.17, 15) is 0 Å². The molecule has 0 aliphatic carbocycles. The van der Waals surface area contributed by atoms with Gasteiger partial charge in [0.05, 0.1) is 0 Å². The molecular weight excluding hydrogens is 176 g/mol. The first-order chi connectivity index (χ1) is 5.26. The second-order valence-corrected chi connectivity index (χ2v) is 5.69. The quantitative estimate of drug-likeness (QED) is 0.510. The van der Waals surface area contributed by atoms with Crippen LogP contribution in [0.25, 0.3) is 0 Å². The van der Waals surface area contributed by atoms with Gasteiger partial charge in [-0.1, -0.05) is 6.92 Å². The number of rotatable bonds is 6. The molecule has 0 saturated heterocycles. The van der Waals surface area contributed by atoms with E-state index in [0.29, 0.717) is 4.87 Å². The van der Waals surface area contributed by atoms with Crippen LogP contribution in [0.15, 0.2) is 0 Å². The highest BCUT2D eigenvalue weighted by atomic mass is 32.1. The molecule has 0 amide bonds. The van der Waals surface area contributed by atoms with Gasteiger partial charge in [0.15, 0.2) is 0 Å². The highest BCUT2D eigenvalue weighted by molar-refractivity contribution is 7.82. The van der Waals surface area contributed by atoms with Gasteiger partial charge >= 0.3 is 9.28 Å². The molecule has 0 rings (SSSR count). The Morgan fingerprint density at radius 3 is 1.91 bits per heavy atom. The fraction of sp³-hybridized carbons (Fsp3) is 1.00. The molecule has 0 bridgehead atoms. The third-order valence-electron chi connectivity index (χ3n) is 1.39. The van der Waals surface area contributed by atoms with E-state index in [1.807, 2.05) is 13.8 Å². The molecule has 0 spiro atoms. The summed E-state index contributed by atoms with van der Waals surface area (Å²) >= 11 is 4.40. The molecule has 4 heteroatoms. The smallest absolute Gasteiger partial charge is 0.334 e. The van der Waals surface area contributed by atoms with E-state index in [2.05, 4.69) is 19.6 Å². The van der Waals surface area contributed by atoms with Crippen LogP contribution in [0.1, 0.15) is 27.2 Å². The first kappa shape index (κ1) is 11.5. The van der Waals surface area contributed by atoms with Crippen LogP contribution >= 0.6 is 12.6 Å². The van der Waals surface area contributed by atoms with Gasteiger partial charge in [0.25, 0.3) is 0 Å². The standard InChI is InChI=1S/C7H18O2SSi/c1-4-7(10)11(8-5-2)9-6-3/h7,10-11H,4-6H2,1-3H3. The molecule has 11 heavy (non-hydrogen) atoms. The summed E-state index contributed by atoms with van der Waals surface area (Å²) in [5.74, 6) is 0. The molecule has 0 heterocycles. The Kier molecular flexibility index (Phi) is 7.47. The fourth-order valence-electron chi connectivity index (χ4n) is 0.791. The third kappa shape index (κ3) is 4.84. The Morgan fingerprint density at radius 1 is 1.18 bits per heavy atom. The summed E-state index contributed by atoms with van der Waals surface area (Å²) in [4.78, 5) is 0.329. The average molecular weight is 194 g/mol. The molecule has 0 N–H and O–H groups in total. The third-order valence-corrected chi connectivity index (χ3v) is 4.91. The average Bonchev–Trinajstić information content (AvgIpc) is 2.03. The van der Waals surface area contributed by atoms with Crippen LogP contribution in [-0.2, 0) is 8.85 Å². The predicted octanol–water partition coefficient (Wildman–Crippen LogP) is 1.53. The maximum atomic E-state index is 5.48. The van der Waals surface area contributed by atoms with Crippen molar-refractivity contribution >= 4 is 21.9 Å². The molecular formula is C7H18O2SSi. The van der Waals surface area contributed by atoms with Gasteiger partial charge in [-0.15, -0.1) is 0 Å². The van der Waals surface area contributed by atoms with Gasteiger partial charge in [0, 0.05) is 18.1 Å². The molecule has 0 aromatic heterocycles. The number of hydrogen-bond acceptors (Lipinski definition) is 3. The van der Waals surface area contributed by atoms with Crippen LogP contribution < -0.4 is 0 Å². The topological polar surface area (TPSA) is 18.5 Å². The summed E-state index contributed by atoms with van der Waals surface area (Å²) in [6.45, 7) is 7.59. The first-order valence-corrected chi connectivity index (χ1v) is 6.30. The van der Waals surface area contributed by atoms with Crippen molar-refractivity contribution in [3.63, 3.8) is 0 Å². The Balaban J connectivity index is 3.66. The van der Waals surface area contributed by atoms with Crippen LogP contribution in [0.3, 0.4) is 0 Å². The zero-order chi connectivity index (χ0) is 8.69. The van der Waals surface area contributed by atoms with Gasteiger partial charge in [0.2, 0.25) is 0 Å². The van der Waals surface area contributed by atoms with Crippen molar-refractivity contribution in [1.82, 2.24) is 0 Å². The van der Waals surface area contributed by atoms with Gasteiger partial charge in [-0.3, -0.25) is 0 Å². The molecule has 2 nitrogen and oxygen atoms in total. The van der Waals surface area contributed by atoms with Crippen LogP contribution in [0, 0.1) is 0 Å². The van der Waals surface area contributed by atoms with E-state index in [1.54, 1.807) is 0 Å². The van der Waals surface area contributed by atoms with Crippen LogP contribution in [0.5, 0.6) is 0 Å². The van der Waals surface area contributed by atoms with Crippen molar-refractivity contribution < 1.29 is 8.85 Å². The lowest BCUT2D eigenvalue weighted by Crippen LogP contribution is -2.33. The maximum Gasteiger partial charge on any atom is 0.334 e. The van der Waals surface area contributed by atoms with Gasteiger partial charge in [-0.2, -0.15) is 12.6 Å². The van der Waals surface area contributed by atoms with E-state index >= 15 is 0 Å². The summed E-state index contributed by atoms with van der Waals surface area (Å²) in [7, 11) is -1.46. The first-order valence-electron chi connectivity index (χ1n) is 4.17. The van der Waals surface area contributed by atoms with Crippen LogP contribution in [0.2, 0.25) is 0 Å². The zero-order valence-corrected chi connectivity index (χ0v) is 9.59. The van der Waals surface area contributed by atoms with Gasteiger partial charge < -0.3 is 8.85 Å². The molecule has 0 aliphatic rings. The molecule has 0 fully saturated rings. The molecule has 1 atom stereocenters. The highest BCUT2D eigenvalue weighted by Gasteiger charge is 2.20. The van der Waals surface area contributed by atoms with E-state index in [-0.39, 0.29) is 0 Å². The predicted molar refractivity (Wildman–Crippen MR) is 53.5 cm³/mol. The number of thiol groups is 1. The molecule has 0 radical (unpaired) electrons. The monoisotopic (exact) mass is 194 g/mol. The minimum atomic E-state index is -1.46. The van der Waals surface area contributed by atoms with Crippen molar-refractivity contribution in [1.29, 1.82) is 0 Å². The Labute approximate surface area is 76.5 Å². The lowest BCUT2D eigenvalue weighted by Gasteiger charge is -2.19. The SMILES string of the molecule is CCO[SiH](OCC)C(S)CC. The molecule has 1 unspecified atom stereocenters. The lowest BCUT2D eigenvalue weighted by molar-refractivity contribution is 0.211. The van der Waals surface area contributed by atoms with Crippen LogP contribution in [0.4, 0.5) is 0 Å². The normalized spacial score (nSPS) is 13.9. The number of hydrogen-bond donors (Lipinski definition) is 1. The van der Waals surface area contributed by atoms with Crippen molar-refractivity contribution in [2.45, 2.75) is 32.1 Å². The summed E-state index contributed by atoms with van der Waals surface area (Å²) in [6.07, 6.45) is 1.03. The van der Waals surface area contributed by atoms with Crippen molar-refractivity contribution in [2.75, 3.05) is 13.2 Å². The summed E-state index contributed by atoms with van der Waals surface area (Å²) in [6, 6.07) is 0. The second-order valence-electron chi connectivity index (χ2n) is 2.25. The van der Waals surface area contributed by atoms with E-state index in [0.717, 1.165) is 19.6 Å². The van der Waals surface area contributed by atoms with E-state index in [1.165, 1.54) is 0 Å². The molecule has 0 saturated carbocycles. The lowest BCUT2D eigenvalue weighted by atomic mass is 10.6. The van der Waals surface area contributed by atoms with Crippen molar-refractivity contribution in [3.8, 4) is 0 Å². The van der Waals surface area contributed by atoms with Crippen molar-refractivity contribution in [2.24, 2.45) is 0 Å².